The summed E-state index contributed by atoms with van der Waals surface area (Å²) in [4.78, 5) is 49.4. The first-order chi connectivity index (χ1) is 7.58. The fourth-order valence-corrected chi connectivity index (χ4v) is 1.83. The summed E-state index contributed by atoms with van der Waals surface area (Å²) in [6, 6.07) is 2.54. The smallest absolute Gasteiger partial charge is 1.00 e. The average molecular weight is 256 g/mol. The number of nitrogens with one attached hydrogen (secondary N) is 2. The van der Waals surface area contributed by atoms with E-state index in [1.54, 1.807) is 0 Å². The summed E-state index contributed by atoms with van der Waals surface area (Å²) in [5.74, 6) is 0. The molecule has 0 fully saturated rings. The van der Waals surface area contributed by atoms with Gasteiger partial charge in [0.1, 0.15) is 0 Å². The second-order valence-corrected chi connectivity index (χ2v) is 3.51. The van der Waals surface area contributed by atoms with E-state index in [9.17, 15) is 19.2 Å². The van der Waals surface area contributed by atoms with E-state index in [1.165, 1.54) is 12.1 Å². The topological polar surface area (TPSA) is 99.9 Å². The summed E-state index contributed by atoms with van der Waals surface area (Å²) in [5.41, 5.74) is -2.19. The van der Waals surface area contributed by atoms with Crippen LogP contribution >= 0.6 is 0 Å². The Morgan fingerprint density at radius 2 is 0.882 bits per heavy atom. The molecule has 2 aromatic heterocycles. The van der Waals surface area contributed by atoms with Crippen molar-refractivity contribution in [1.82, 2.24) is 9.97 Å². The molecule has 0 saturated heterocycles. The molecule has 6 nitrogen and oxygen atoms in total. The summed E-state index contributed by atoms with van der Waals surface area (Å²) in [5, 5.41) is 0.532. The van der Waals surface area contributed by atoms with Crippen LogP contribution in [0.2, 0.25) is 0 Å². The molecule has 0 aliphatic carbocycles. The van der Waals surface area contributed by atoms with Gasteiger partial charge in [0.05, 0.1) is 21.5 Å². The number of hydrogen-bond acceptors (Lipinski definition) is 4. The van der Waals surface area contributed by atoms with Crippen molar-refractivity contribution in [3.05, 3.63) is 53.5 Å². The fourth-order valence-electron chi connectivity index (χ4n) is 1.83. The van der Waals surface area contributed by atoms with Gasteiger partial charge in [-0.15, -0.1) is 0 Å². The SMILES string of the molecule is O=c1[nH]c(=O)c2cc3c(=O)[nH]c(=O)c3cc12.[H-].[K+]. The molecule has 0 amide bonds. The molecule has 80 valence electrons. The Labute approximate surface area is 136 Å². The van der Waals surface area contributed by atoms with Crippen LogP contribution < -0.4 is 73.6 Å². The van der Waals surface area contributed by atoms with Crippen LogP contribution in [0.5, 0.6) is 0 Å². The Morgan fingerprint density at radius 1 is 0.647 bits per heavy atom. The second-order valence-electron chi connectivity index (χ2n) is 3.51. The maximum atomic E-state index is 11.3. The maximum absolute atomic E-state index is 11.3. The summed E-state index contributed by atoms with van der Waals surface area (Å²) in [6.07, 6.45) is 0. The van der Waals surface area contributed by atoms with Gasteiger partial charge in [-0.1, -0.05) is 0 Å². The van der Waals surface area contributed by atoms with Crippen molar-refractivity contribution >= 4 is 21.5 Å². The van der Waals surface area contributed by atoms with Crippen molar-refractivity contribution in [2.45, 2.75) is 0 Å². The number of benzene rings is 1. The zero-order valence-corrected chi connectivity index (χ0v) is 11.9. The van der Waals surface area contributed by atoms with E-state index in [-0.39, 0.29) is 74.4 Å². The molecular weight excluding hydrogens is 251 g/mol. The zero-order chi connectivity index (χ0) is 11.4. The van der Waals surface area contributed by atoms with Crippen LogP contribution in [0.4, 0.5) is 0 Å². The standard InChI is InChI=1S/C10H4N2O4.K.H/c13-7-3-1-4-6(10(16)12-8(4)14)2-5(3)9(15)11-7;;/h1-2H,(H,11,13,15)(H,12,14,16);;/q;+1;-1. The summed E-state index contributed by atoms with van der Waals surface area (Å²) in [7, 11) is 0. The third-order valence-electron chi connectivity index (χ3n) is 2.59. The van der Waals surface area contributed by atoms with E-state index >= 15 is 0 Å². The van der Waals surface area contributed by atoms with Crippen molar-refractivity contribution in [2.75, 3.05) is 0 Å². The predicted molar refractivity (Wildman–Crippen MR) is 58.7 cm³/mol. The summed E-state index contributed by atoms with van der Waals surface area (Å²) < 4.78 is 0. The predicted octanol–water partition coefficient (Wildman–Crippen LogP) is -3.92. The van der Waals surface area contributed by atoms with Gasteiger partial charge in [0, 0.05) is 0 Å². The monoisotopic (exact) mass is 256 g/mol. The first-order valence-corrected chi connectivity index (χ1v) is 4.47. The molecule has 0 spiro atoms. The molecule has 0 atom stereocenters. The molecule has 0 aliphatic heterocycles. The van der Waals surface area contributed by atoms with Gasteiger partial charge in [0.2, 0.25) is 0 Å². The van der Waals surface area contributed by atoms with Crippen LogP contribution in [0.3, 0.4) is 0 Å². The van der Waals surface area contributed by atoms with Crippen molar-refractivity contribution in [2.24, 2.45) is 0 Å². The normalized spacial score (nSPS) is 10.8. The number of hydrogen-bond donors (Lipinski definition) is 2. The van der Waals surface area contributed by atoms with Gasteiger partial charge in [-0.25, -0.2) is 0 Å². The molecule has 0 bridgehead atoms. The minimum absolute atomic E-state index is 0. The zero-order valence-electron chi connectivity index (χ0n) is 9.79. The van der Waals surface area contributed by atoms with Crippen molar-refractivity contribution < 1.29 is 52.8 Å². The Kier molecular flexibility index (Phi) is 3.04. The molecule has 3 aromatic rings. The van der Waals surface area contributed by atoms with Gasteiger partial charge < -0.3 is 1.43 Å². The van der Waals surface area contributed by atoms with Gasteiger partial charge >= 0.3 is 51.4 Å². The summed E-state index contributed by atoms with van der Waals surface area (Å²) >= 11 is 0. The maximum Gasteiger partial charge on any atom is 1.00 e. The summed E-state index contributed by atoms with van der Waals surface area (Å²) in [6.45, 7) is 0. The fraction of sp³-hybridized carbons (Fsp3) is 0. The molecule has 0 saturated carbocycles. The number of fused-ring (bicyclic) bond motifs is 2. The minimum Gasteiger partial charge on any atom is -1.00 e. The second kappa shape index (κ2) is 4.11. The van der Waals surface area contributed by atoms with Gasteiger partial charge in [-0.2, -0.15) is 0 Å². The number of aromatic nitrogens is 2. The Hall–Kier alpha value is -0.864. The molecule has 3 rings (SSSR count). The van der Waals surface area contributed by atoms with Gasteiger partial charge in [-0.05, 0) is 12.1 Å². The van der Waals surface area contributed by atoms with Crippen LogP contribution in [-0.4, -0.2) is 9.97 Å². The third-order valence-corrected chi connectivity index (χ3v) is 2.59. The van der Waals surface area contributed by atoms with Gasteiger partial charge in [-0.3, -0.25) is 29.1 Å². The number of rotatable bonds is 0. The van der Waals surface area contributed by atoms with E-state index < -0.39 is 22.2 Å². The molecule has 2 heterocycles. The third kappa shape index (κ3) is 1.71. The molecule has 1 aromatic carbocycles. The van der Waals surface area contributed by atoms with Crippen molar-refractivity contribution in [3.8, 4) is 0 Å². The van der Waals surface area contributed by atoms with E-state index in [1.807, 2.05) is 0 Å². The van der Waals surface area contributed by atoms with E-state index in [0.29, 0.717) is 0 Å². The van der Waals surface area contributed by atoms with Crippen LogP contribution in [0.25, 0.3) is 21.5 Å². The van der Waals surface area contributed by atoms with Crippen molar-refractivity contribution in [3.63, 3.8) is 0 Å². The van der Waals surface area contributed by atoms with Crippen LogP contribution in [-0.2, 0) is 0 Å². The van der Waals surface area contributed by atoms with E-state index in [2.05, 4.69) is 9.97 Å². The Balaban J connectivity index is 0.000000810. The van der Waals surface area contributed by atoms with Gasteiger partial charge in [0.25, 0.3) is 22.2 Å². The number of H-pyrrole nitrogens is 2. The quantitative estimate of drug-likeness (QED) is 0.401. The molecule has 0 aliphatic rings. The first kappa shape index (κ1) is 12.6. The Morgan fingerprint density at radius 3 is 1.12 bits per heavy atom. The van der Waals surface area contributed by atoms with Crippen molar-refractivity contribution in [1.29, 1.82) is 0 Å². The molecule has 17 heavy (non-hydrogen) atoms. The molecule has 0 radical (unpaired) electrons. The first-order valence-electron chi connectivity index (χ1n) is 4.47. The molecular formula is C10H5KN2O4. The van der Waals surface area contributed by atoms with Crippen LogP contribution in [0.1, 0.15) is 1.43 Å². The average Bonchev–Trinajstić information content (AvgIpc) is 2.67. The molecule has 0 unspecified atom stereocenters. The van der Waals surface area contributed by atoms with E-state index in [0.717, 1.165) is 0 Å². The van der Waals surface area contributed by atoms with Crippen LogP contribution in [0.15, 0.2) is 31.3 Å². The van der Waals surface area contributed by atoms with Crippen LogP contribution in [0, 0.1) is 0 Å². The molecule has 2 N–H and O–H groups in total. The minimum atomic E-state index is -0.546. The Bertz CT molecular complexity index is 786. The molecule has 7 heteroatoms. The van der Waals surface area contributed by atoms with Gasteiger partial charge in [0.15, 0.2) is 0 Å². The van der Waals surface area contributed by atoms with E-state index in [4.69, 9.17) is 0 Å². The number of aromatic amines is 2. The largest absolute Gasteiger partial charge is 1.00 e.